The number of ether oxygens (including phenoxy) is 1. The van der Waals surface area contributed by atoms with E-state index in [1.54, 1.807) is 0 Å². The molecule has 0 atom stereocenters. The van der Waals surface area contributed by atoms with Crippen molar-refractivity contribution in [2.24, 2.45) is 0 Å². The van der Waals surface area contributed by atoms with Gasteiger partial charge in [-0.15, -0.1) is 0 Å². The first-order valence-electron chi connectivity index (χ1n) is 5.73. The second-order valence-corrected chi connectivity index (χ2v) is 4.86. The van der Waals surface area contributed by atoms with Gasteiger partial charge in [0.25, 0.3) is 0 Å². The molecule has 0 aromatic heterocycles. The third-order valence-corrected chi connectivity index (χ3v) is 2.72. The molecule has 2 nitrogen and oxygen atoms in total. The Morgan fingerprint density at radius 1 is 0.952 bits per heavy atom. The lowest BCUT2D eigenvalue weighted by Gasteiger charge is -2.26. The fraction of sp³-hybridized carbons (Fsp3) is 0.462. The van der Waals surface area contributed by atoms with Crippen LogP contribution in [0.25, 0.3) is 0 Å². The summed E-state index contributed by atoms with van der Waals surface area (Å²) in [6.07, 6.45) is -10.3. The van der Waals surface area contributed by atoms with Gasteiger partial charge in [0.2, 0.25) is 0 Å². The zero-order chi connectivity index (χ0) is 16.6. The predicted molar refractivity (Wildman–Crippen MR) is 61.2 cm³/mol. The molecule has 0 bridgehead atoms. The van der Waals surface area contributed by atoms with E-state index >= 15 is 0 Å². The monoisotopic (exact) mass is 314 g/mol. The maximum Gasteiger partial charge on any atom is 0.417 e. The number of rotatable bonds is 2. The molecule has 0 aliphatic heterocycles. The summed E-state index contributed by atoms with van der Waals surface area (Å²) in [6.45, 7) is 3.63. The fourth-order valence-corrected chi connectivity index (χ4v) is 1.82. The number of benzene rings is 1. The summed E-state index contributed by atoms with van der Waals surface area (Å²) < 4.78 is 81.1. The Kier molecular flexibility index (Phi) is 4.32. The first-order valence-corrected chi connectivity index (χ1v) is 5.73. The van der Waals surface area contributed by atoms with Crippen LogP contribution in [0.1, 0.15) is 37.5 Å². The van der Waals surface area contributed by atoms with E-state index in [1.165, 1.54) is 13.8 Å². The number of alkyl halides is 6. The molecule has 118 valence electrons. The van der Waals surface area contributed by atoms with Gasteiger partial charge in [-0.1, -0.05) is 6.07 Å². The summed E-state index contributed by atoms with van der Waals surface area (Å²) in [5.41, 5.74) is -5.25. The summed E-state index contributed by atoms with van der Waals surface area (Å²) >= 11 is 0. The Bertz CT molecular complexity index is 543. The van der Waals surface area contributed by atoms with Crippen LogP contribution in [0.15, 0.2) is 18.2 Å². The number of halogens is 6. The van der Waals surface area contributed by atoms with Gasteiger partial charge in [-0.05, 0) is 31.5 Å². The Morgan fingerprint density at radius 3 is 1.81 bits per heavy atom. The van der Waals surface area contributed by atoms with Crippen molar-refractivity contribution in [3.8, 4) is 0 Å². The highest BCUT2D eigenvalue weighted by atomic mass is 19.4. The number of hydrogen-bond donors (Lipinski definition) is 0. The van der Waals surface area contributed by atoms with Crippen LogP contribution in [0.5, 0.6) is 0 Å². The number of carbonyl (C=O) groups excluding carboxylic acids is 1. The molecule has 0 N–H and O–H groups in total. The van der Waals surface area contributed by atoms with Crippen LogP contribution < -0.4 is 0 Å². The maximum absolute atomic E-state index is 12.8. The summed E-state index contributed by atoms with van der Waals surface area (Å²) in [7, 11) is 0. The van der Waals surface area contributed by atoms with Crippen molar-refractivity contribution in [3.05, 3.63) is 34.9 Å². The molecule has 0 unspecified atom stereocenters. The van der Waals surface area contributed by atoms with E-state index in [2.05, 4.69) is 0 Å². The second kappa shape index (κ2) is 5.23. The lowest BCUT2D eigenvalue weighted by atomic mass is 9.93. The molecule has 0 saturated heterocycles. The molecule has 1 aromatic carbocycles. The molecule has 0 radical (unpaired) electrons. The average Bonchev–Trinajstić information content (AvgIpc) is 2.24. The van der Waals surface area contributed by atoms with E-state index in [0.29, 0.717) is 12.1 Å². The van der Waals surface area contributed by atoms with E-state index in [1.807, 2.05) is 0 Å². The van der Waals surface area contributed by atoms with Crippen molar-refractivity contribution in [1.82, 2.24) is 0 Å². The SMILES string of the molecule is CC(=O)OC(C)(C)c1ccc(C(F)(F)F)c(C(F)(F)F)c1. The van der Waals surface area contributed by atoms with E-state index in [4.69, 9.17) is 4.74 Å². The van der Waals surface area contributed by atoms with E-state index in [9.17, 15) is 31.1 Å². The molecule has 1 rings (SSSR count). The average molecular weight is 314 g/mol. The van der Waals surface area contributed by atoms with Crippen molar-refractivity contribution in [1.29, 1.82) is 0 Å². The number of esters is 1. The molecular formula is C13H12F6O2. The quantitative estimate of drug-likeness (QED) is 0.592. The van der Waals surface area contributed by atoms with Gasteiger partial charge in [0.15, 0.2) is 0 Å². The minimum Gasteiger partial charge on any atom is -0.455 e. The minimum absolute atomic E-state index is 0.182. The Morgan fingerprint density at radius 2 is 1.43 bits per heavy atom. The van der Waals surface area contributed by atoms with Gasteiger partial charge in [0.1, 0.15) is 5.60 Å². The van der Waals surface area contributed by atoms with Gasteiger partial charge >= 0.3 is 18.3 Å². The topological polar surface area (TPSA) is 26.3 Å². The van der Waals surface area contributed by atoms with Crippen LogP contribution in [0.3, 0.4) is 0 Å². The molecule has 0 spiro atoms. The number of carbonyl (C=O) groups is 1. The maximum atomic E-state index is 12.8. The Labute approximate surface area is 116 Å². The molecule has 0 saturated carbocycles. The third-order valence-electron chi connectivity index (χ3n) is 2.72. The van der Waals surface area contributed by atoms with Gasteiger partial charge in [-0.3, -0.25) is 4.79 Å². The van der Waals surface area contributed by atoms with Crippen molar-refractivity contribution >= 4 is 5.97 Å². The standard InChI is InChI=1S/C13H12F6O2/c1-7(20)21-11(2,3)8-4-5-9(12(14,15)16)10(6-8)13(17,18)19/h4-6H,1-3H3. The normalized spacial score (nSPS) is 13.2. The zero-order valence-corrected chi connectivity index (χ0v) is 11.3. The van der Waals surface area contributed by atoms with Gasteiger partial charge in [0, 0.05) is 6.92 Å². The molecule has 0 aliphatic carbocycles. The lowest BCUT2D eigenvalue weighted by molar-refractivity contribution is -0.162. The van der Waals surface area contributed by atoms with E-state index < -0.39 is 35.0 Å². The van der Waals surface area contributed by atoms with Crippen LogP contribution in [0, 0.1) is 0 Å². The van der Waals surface area contributed by atoms with Crippen molar-refractivity contribution < 1.29 is 35.9 Å². The highest BCUT2D eigenvalue weighted by Crippen LogP contribution is 2.42. The molecule has 0 fully saturated rings. The molecule has 0 heterocycles. The van der Waals surface area contributed by atoms with Crippen molar-refractivity contribution in [2.45, 2.75) is 38.7 Å². The molecule has 1 aromatic rings. The van der Waals surface area contributed by atoms with Crippen LogP contribution in [0.4, 0.5) is 26.3 Å². The summed E-state index contributed by atoms with van der Waals surface area (Å²) in [4.78, 5) is 10.9. The molecule has 8 heteroatoms. The lowest BCUT2D eigenvalue weighted by Crippen LogP contribution is -2.26. The predicted octanol–water partition coefficient (Wildman–Crippen LogP) is 4.52. The Hall–Kier alpha value is -1.73. The first-order chi connectivity index (χ1) is 9.25. The van der Waals surface area contributed by atoms with Gasteiger partial charge in [-0.2, -0.15) is 26.3 Å². The van der Waals surface area contributed by atoms with Crippen LogP contribution in [-0.2, 0) is 27.5 Å². The van der Waals surface area contributed by atoms with Crippen molar-refractivity contribution in [2.75, 3.05) is 0 Å². The smallest absolute Gasteiger partial charge is 0.417 e. The van der Waals surface area contributed by atoms with Gasteiger partial charge < -0.3 is 4.74 Å². The fourth-order valence-electron chi connectivity index (χ4n) is 1.82. The highest BCUT2D eigenvalue weighted by Gasteiger charge is 2.44. The molecule has 0 aliphatic rings. The molecular weight excluding hydrogens is 302 g/mol. The van der Waals surface area contributed by atoms with E-state index in [0.717, 1.165) is 13.0 Å². The third kappa shape index (κ3) is 4.12. The van der Waals surface area contributed by atoms with E-state index in [-0.39, 0.29) is 5.56 Å². The second-order valence-electron chi connectivity index (χ2n) is 4.86. The first kappa shape index (κ1) is 17.3. The largest absolute Gasteiger partial charge is 0.455 e. The van der Waals surface area contributed by atoms with Crippen LogP contribution >= 0.6 is 0 Å². The molecule has 0 amide bonds. The minimum atomic E-state index is -5.17. The molecule has 21 heavy (non-hydrogen) atoms. The summed E-state index contributed by atoms with van der Waals surface area (Å²) in [5.74, 6) is -0.756. The zero-order valence-electron chi connectivity index (χ0n) is 11.3. The van der Waals surface area contributed by atoms with Crippen LogP contribution in [-0.4, -0.2) is 5.97 Å². The highest BCUT2D eigenvalue weighted by molar-refractivity contribution is 5.66. The summed E-state index contributed by atoms with van der Waals surface area (Å²) in [5, 5.41) is 0. The van der Waals surface area contributed by atoms with Gasteiger partial charge in [-0.25, -0.2) is 0 Å². The summed E-state index contributed by atoms with van der Waals surface area (Å²) in [6, 6.07) is 1.55. The number of hydrogen-bond acceptors (Lipinski definition) is 2. The Balaban J connectivity index is 3.45. The van der Waals surface area contributed by atoms with Crippen LogP contribution in [0.2, 0.25) is 0 Å². The van der Waals surface area contributed by atoms with Gasteiger partial charge in [0.05, 0.1) is 11.1 Å². The van der Waals surface area contributed by atoms with Crippen molar-refractivity contribution in [3.63, 3.8) is 0 Å².